The highest BCUT2D eigenvalue weighted by Crippen LogP contribution is 2.32. The summed E-state index contributed by atoms with van der Waals surface area (Å²) in [6.07, 6.45) is 5.43. The Morgan fingerprint density at radius 2 is 2.10 bits per heavy atom. The van der Waals surface area contributed by atoms with Crippen molar-refractivity contribution in [3.63, 3.8) is 0 Å². The third kappa shape index (κ3) is 4.48. The monoisotopic (exact) mass is 459 g/mol. The molecule has 0 spiro atoms. The number of allylic oxidation sites excluding steroid dienone is 1. The Morgan fingerprint density at radius 1 is 1.23 bits per heavy atom. The molecule has 3 heterocycles. The van der Waals surface area contributed by atoms with Gasteiger partial charge in [-0.1, -0.05) is 47.1 Å². The summed E-state index contributed by atoms with van der Waals surface area (Å²) >= 11 is 13.9. The fraction of sp³-hybridized carbons (Fsp3) is 0.190. The minimum Gasteiger partial charge on any atom is -0.481 e. The number of hydrogen-bond donors (Lipinski definition) is 0. The molecule has 0 amide bonds. The van der Waals surface area contributed by atoms with Gasteiger partial charge in [0.1, 0.15) is 11.4 Å². The predicted molar refractivity (Wildman–Crippen MR) is 120 cm³/mol. The van der Waals surface area contributed by atoms with E-state index in [-0.39, 0.29) is 6.10 Å². The fourth-order valence-corrected chi connectivity index (χ4v) is 4.18. The van der Waals surface area contributed by atoms with Crippen LogP contribution in [-0.4, -0.2) is 24.1 Å². The number of halogens is 2. The molecule has 4 rings (SSSR count). The van der Waals surface area contributed by atoms with Crippen LogP contribution in [0, 0.1) is 0 Å². The molecule has 3 aromatic heterocycles. The van der Waals surface area contributed by atoms with Crippen LogP contribution in [-0.2, 0) is 12.3 Å². The van der Waals surface area contributed by atoms with Crippen LogP contribution >= 0.6 is 35.0 Å². The Morgan fingerprint density at radius 3 is 2.90 bits per heavy atom. The lowest BCUT2D eigenvalue weighted by Gasteiger charge is -2.16. The SMILES string of the molecule is C=CCn1c(SCc2cn3ccccc3n2)nnc1C(C)Oc1cc(Cl)ccc1Cl. The molecule has 0 N–H and O–H groups in total. The average Bonchev–Trinajstić information content (AvgIpc) is 3.33. The first-order valence-electron chi connectivity index (χ1n) is 9.26. The molecule has 0 fully saturated rings. The Balaban J connectivity index is 1.53. The third-order valence-corrected chi connectivity index (χ3v) is 5.93. The standard InChI is InChI=1S/C21H19Cl2N5OS/c1-3-9-28-20(14(2)29-18-11-15(22)7-8-17(18)23)25-26-21(28)30-13-16-12-27-10-5-4-6-19(27)24-16/h3-8,10-12,14H,1,9,13H2,2H3. The summed E-state index contributed by atoms with van der Waals surface area (Å²) < 4.78 is 10.00. The van der Waals surface area contributed by atoms with Gasteiger partial charge in [-0.05, 0) is 31.2 Å². The number of aromatic nitrogens is 5. The summed E-state index contributed by atoms with van der Waals surface area (Å²) in [6.45, 7) is 6.32. The Labute approximate surface area is 188 Å². The smallest absolute Gasteiger partial charge is 0.192 e. The molecule has 0 aliphatic carbocycles. The van der Waals surface area contributed by atoms with Gasteiger partial charge in [0.2, 0.25) is 0 Å². The molecule has 1 aromatic carbocycles. The lowest BCUT2D eigenvalue weighted by atomic mass is 10.3. The van der Waals surface area contributed by atoms with Crippen molar-refractivity contribution in [3.8, 4) is 5.75 Å². The number of rotatable bonds is 8. The van der Waals surface area contributed by atoms with Crippen LogP contribution in [0.25, 0.3) is 5.65 Å². The van der Waals surface area contributed by atoms with Crippen molar-refractivity contribution in [3.05, 3.63) is 83.0 Å². The minimum absolute atomic E-state index is 0.377. The van der Waals surface area contributed by atoms with Gasteiger partial charge >= 0.3 is 0 Å². The number of pyridine rings is 1. The summed E-state index contributed by atoms with van der Waals surface area (Å²) in [7, 11) is 0. The Hall–Kier alpha value is -2.48. The van der Waals surface area contributed by atoms with Gasteiger partial charge in [-0.15, -0.1) is 16.8 Å². The molecule has 0 saturated heterocycles. The molecule has 0 bridgehead atoms. The molecule has 6 nitrogen and oxygen atoms in total. The van der Waals surface area contributed by atoms with Crippen LogP contribution in [0.2, 0.25) is 10.0 Å². The van der Waals surface area contributed by atoms with Gasteiger partial charge in [-0.2, -0.15) is 0 Å². The number of thioether (sulfide) groups is 1. The van der Waals surface area contributed by atoms with Crippen molar-refractivity contribution in [2.45, 2.75) is 30.5 Å². The molecule has 0 radical (unpaired) electrons. The van der Waals surface area contributed by atoms with E-state index in [9.17, 15) is 0 Å². The highest BCUT2D eigenvalue weighted by atomic mass is 35.5. The molecule has 154 valence electrons. The van der Waals surface area contributed by atoms with Crippen molar-refractivity contribution < 1.29 is 4.74 Å². The summed E-state index contributed by atoms with van der Waals surface area (Å²) in [5, 5.41) is 10.5. The molecule has 30 heavy (non-hydrogen) atoms. The molecule has 9 heteroatoms. The minimum atomic E-state index is -0.377. The zero-order valence-electron chi connectivity index (χ0n) is 16.2. The molecule has 1 unspecified atom stereocenters. The first-order chi connectivity index (χ1) is 14.5. The van der Waals surface area contributed by atoms with Gasteiger partial charge in [-0.25, -0.2) is 4.98 Å². The molecule has 0 aliphatic heterocycles. The summed E-state index contributed by atoms with van der Waals surface area (Å²) in [5.41, 5.74) is 1.89. The van der Waals surface area contributed by atoms with Crippen molar-refractivity contribution in [2.75, 3.05) is 0 Å². The summed E-state index contributed by atoms with van der Waals surface area (Å²) in [5.74, 6) is 1.86. The maximum atomic E-state index is 6.23. The van der Waals surface area contributed by atoms with Crippen molar-refractivity contribution >= 4 is 40.6 Å². The number of benzene rings is 1. The Bertz CT molecular complexity index is 1160. The molecular formula is C21H19Cl2N5OS. The third-order valence-electron chi connectivity index (χ3n) is 4.38. The lowest BCUT2D eigenvalue weighted by molar-refractivity contribution is 0.210. The average molecular weight is 460 g/mol. The second-order valence-electron chi connectivity index (χ2n) is 6.56. The van der Waals surface area contributed by atoms with E-state index in [1.807, 2.05) is 46.5 Å². The van der Waals surface area contributed by atoms with E-state index in [1.165, 1.54) is 0 Å². The zero-order valence-corrected chi connectivity index (χ0v) is 18.5. The van der Waals surface area contributed by atoms with Gasteiger partial charge in [0, 0.05) is 35.8 Å². The van der Waals surface area contributed by atoms with E-state index < -0.39 is 0 Å². The molecule has 0 saturated carbocycles. The summed E-state index contributed by atoms with van der Waals surface area (Å²) in [4.78, 5) is 4.63. The van der Waals surface area contributed by atoms with Crippen LogP contribution in [0.4, 0.5) is 0 Å². The Kier molecular flexibility index (Phi) is 6.32. The second kappa shape index (κ2) is 9.12. The molecular weight excluding hydrogens is 441 g/mol. The zero-order chi connectivity index (χ0) is 21.1. The molecule has 4 aromatic rings. The number of hydrogen-bond acceptors (Lipinski definition) is 5. The van der Waals surface area contributed by atoms with Crippen molar-refractivity contribution in [1.82, 2.24) is 24.1 Å². The van der Waals surface area contributed by atoms with Gasteiger partial charge in [0.15, 0.2) is 17.1 Å². The highest BCUT2D eigenvalue weighted by molar-refractivity contribution is 7.98. The topological polar surface area (TPSA) is 57.2 Å². The number of nitrogens with zero attached hydrogens (tertiary/aromatic N) is 5. The normalized spacial score (nSPS) is 12.2. The maximum Gasteiger partial charge on any atom is 0.192 e. The second-order valence-corrected chi connectivity index (χ2v) is 8.35. The van der Waals surface area contributed by atoms with Crippen LogP contribution in [0.5, 0.6) is 5.75 Å². The number of fused-ring (bicyclic) bond motifs is 1. The fourth-order valence-electron chi connectivity index (χ4n) is 3.01. The number of imidazole rings is 1. The van der Waals surface area contributed by atoms with E-state index in [1.54, 1.807) is 36.0 Å². The quantitative estimate of drug-likeness (QED) is 0.244. The first kappa shape index (κ1) is 20.8. The van der Waals surface area contributed by atoms with Crippen LogP contribution in [0.15, 0.2) is 66.6 Å². The van der Waals surface area contributed by atoms with E-state index in [2.05, 4.69) is 21.8 Å². The van der Waals surface area contributed by atoms with Crippen LogP contribution < -0.4 is 4.74 Å². The van der Waals surface area contributed by atoms with E-state index in [4.69, 9.17) is 27.9 Å². The van der Waals surface area contributed by atoms with E-state index >= 15 is 0 Å². The van der Waals surface area contributed by atoms with Crippen LogP contribution in [0.1, 0.15) is 24.5 Å². The number of ether oxygens (including phenoxy) is 1. The van der Waals surface area contributed by atoms with Gasteiger partial charge in [0.25, 0.3) is 0 Å². The molecule has 0 aliphatic rings. The van der Waals surface area contributed by atoms with Crippen LogP contribution in [0.3, 0.4) is 0 Å². The largest absolute Gasteiger partial charge is 0.481 e. The van der Waals surface area contributed by atoms with Crippen molar-refractivity contribution in [2.24, 2.45) is 0 Å². The van der Waals surface area contributed by atoms with Crippen molar-refractivity contribution in [1.29, 1.82) is 0 Å². The van der Waals surface area contributed by atoms with Gasteiger partial charge in [-0.3, -0.25) is 4.57 Å². The predicted octanol–water partition coefficient (Wildman–Crippen LogP) is 5.85. The van der Waals surface area contributed by atoms with Gasteiger partial charge < -0.3 is 9.14 Å². The lowest BCUT2D eigenvalue weighted by Crippen LogP contribution is -2.12. The van der Waals surface area contributed by atoms with Gasteiger partial charge in [0.05, 0.1) is 10.7 Å². The molecule has 1 atom stereocenters. The highest BCUT2D eigenvalue weighted by Gasteiger charge is 2.20. The summed E-state index contributed by atoms with van der Waals surface area (Å²) in [6, 6.07) is 11.0. The van der Waals surface area contributed by atoms with E-state index in [0.29, 0.717) is 33.9 Å². The van der Waals surface area contributed by atoms with E-state index in [0.717, 1.165) is 16.5 Å². The first-order valence-corrected chi connectivity index (χ1v) is 11.0. The maximum absolute atomic E-state index is 6.23.